The van der Waals surface area contributed by atoms with Crippen LogP contribution in [0.4, 0.5) is 0 Å². The Morgan fingerprint density at radius 2 is 1.45 bits per heavy atom. The van der Waals surface area contributed by atoms with Crippen LogP contribution in [0.15, 0.2) is 73.7 Å². The summed E-state index contributed by atoms with van der Waals surface area (Å²) in [4.78, 5) is 25.2. The van der Waals surface area contributed by atoms with E-state index in [0.29, 0.717) is 0 Å². The first kappa shape index (κ1) is 15.0. The van der Waals surface area contributed by atoms with E-state index in [1.807, 2.05) is 6.07 Å². The first-order valence-electron chi connectivity index (χ1n) is 5.72. The SMILES string of the molecule is O=C(O)c1cncccnccccccncc[nH]1. The van der Waals surface area contributed by atoms with Crippen LogP contribution < -0.4 is 0 Å². The first-order chi connectivity index (χ1) is 9.80. The third-order valence-corrected chi connectivity index (χ3v) is 1.86. The van der Waals surface area contributed by atoms with Crippen LogP contribution in [0.5, 0.6) is 0 Å². The van der Waals surface area contributed by atoms with E-state index in [1.54, 1.807) is 42.9 Å². The summed E-state index contributed by atoms with van der Waals surface area (Å²) in [7, 11) is 0. The maximum atomic E-state index is 10.9. The van der Waals surface area contributed by atoms with E-state index >= 15 is 0 Å². The van der Waals surface area contributed by atoms with E-state index in [4.69, 9.17) is 5.11 Å². The highest BCUT2D eigenvalue weighted by Crippen LogP contribution is 1.84. The number of nitrogens with zero attached hydrogens (tertiary/aromatic N) is 3. The van der Waals surface area contributed by atoms with Crippen LogP contribution in [0.1, 0.15) is 10.5 Å². The van der Waals surface area contributed by atoms with Gasteiger partial charge >= 0.3 is 5.97 Å². The number of carboxylic acid groups (broad SMARTS) is 1. The number of hydrogen-bond acceptors (Lipinski definition) is 4. The molecule has 0 aliphatic carbocycles. The summed E-state index contributed by atoms with van der Waals surface area (Å²) in [5, 5.41) is 8.93. The van der Waals surface area contributed by atoms with E-state index in [-0.39, 0.29) is 5.69 Å². The van der Waals surface area contributed by atoms with Crippen molar-refractivity contribution in [2.75, 3.05) is 0 Å². The highest BCUT2D eigenvalue weighted by Gasteiger charge is 1.97. The molecule has 1 heterocycles. The zero-order chi connectivity index (χ0) is 14.5. The Morgan fingerprint density at radius 1 is 0.850 bits per heavy atom. The Balaban J connectivity index is 3.25. The topological polar surface area (TPSA) is 91.8 Å². The quantitative estimate of drug-likeness (QED) is 0.816. The molecule has 0 fully saturated rings. The van der Waals surface area contributed by atoms with Crippen molar-refractivity contribution < 1.29 is 9.90 Å². The summed E-state index contributed by atoms with van der Waals surface area (Å²) in [6.07, 6.45) is 10.2. The lowest BCUT2D eigenvalue weighted by Crippen LogP contribution is -1.97. The second kappa shape index (κ2) is 9.95. The third-order valence-electron chi connectivity index (χ3n) is 1.86. The molecule has 0 bridgehead atoms. The summed E-state index contributed by atoms with van der Waals surface area (Å²) < 4.78 is 0. The normalized spacial score (nSPS) is 8.40. The number of carbonyl (C=O) groups is 1. The summed E-state index contributed by atoms with van der Waals surface area (Å²) >= 11 is 0. The van der Waals surface area contributed by atoms with Crippen molar-refractivity contribution in [2.45, 2.75) is 0 Å². The third kappa shape index (κ3) is 7.33. The second-order valence-corrected chi connectivity index (χ2v) is 3.31. The smallest absolute Gasteiger partial charge is 0.353 e. The Morgan fingerprint density at radius 3 is 2.15 bits per heavy atom. The summed E-state index contributed by atoms with van der Waals surface area (Å²) in [5.74, 6) is -1.11. The number of hydrogen-bond donors (Lipinski definition) is 2. The van der Waals surface area contributed by atoms with Gasteiger partial charge < -0.3 is 10.1 Å². The van der Waals surface area contributed by atoms with Crippen LogP contribution >= 0.6 is 0 Å². The fourth-order valence-electron chi connectivity index (χ4n) is 1.01. The molecule has 0 aromatic carbocycles. The standard InChI is InChI=1S/C14H14N4O2/c19-14(20)13-12-17-9-5-8-15-6-3-1-2-4-7-16-10-11-18-13/h1-12,18H,(H,19,20). The molecule has 20 heavy (non-hydrogen) atoms. The highest BCUT2D eigenvalue weighted by atomic mass is 16.4. The summed E-state index contributed by atoms with van der Waals surface area (Å²) in [6.45, 7) is 0. The van der Waals surface area contributed by atoms with Crippen LogP contribution in [-0.2, 0) is 0 Å². The molecule has 6 nitrogen and oxygen atoms in total. The van der Waals surface area contributed by atoms with Gasteiger partial charge in [0.2, 0.25) is 0 Å². The van der Waals surface area contributed by atoms with Crippen molar-refractivity contribution >= 4 is 5.97 Å². The lowest BCUT2D eigenvalue weighted by molar-refractivity contribution is 0.0690. The molecule has 1 rings (SSSR count). The predicted octanol–water partition coefficient (Wildman–Crippen LogP) is 2.27. The van der Waals surface area contributed by atoms with Gasteiger partial charge in [-0.3, -0.25) is 15.0 Å². The van der Waals surface area contributed by atoms with Gasteiger partial charge in [0.25, 0.3) is 0 Å². The van der Waals surface area contributed by atoms with Crippen molar-refractivity contribution in [1.82, 2.24) is 19.9 Å². The van der Waals surface area contributed by atoms with Crippen LogP contribution in [0, 0.1) is 0 Å². The largest absolute Gasteiger partial charge is 0.477 e. The van der Waals surface area contributed by atoms with Crippen molar-refractivity contribution in [1.29, 1.82) is 0 Å². The lowest BCUT2D eigenvalue weighted by atomic mass is 10.5. The maximum Gasteiger partial charge on any atom is 0.353 e. The number of aromatic nitrogens is 4. The zero-order valence-electron chi connectivity index (χ0n) is 10.6. The molecular formula is C14H14N4O2. The van der Waals surface area contributed by atoms with Crippen molar-refractivity contribution in [3.8, 4) is 0 Å². The first-order valence-corrected chi connectivity index (χ1v) is 5.72. The number of nitrogens with one attached hydrogen (secondary N) is 1. The molecule has 2 N–H and O–H groups in total. The number of H-pyrrole nitrogens is 1. The molecule has 0 spiro atoms. The lowest BCUT2D eigenvalue weighted by Gasteiger charge is -1.86. The van der Waals surface area contributed by atoms with E-state index in [1.165, 1.54) is 24.8 Å². The number of rotatable bonds is 1. The van der Waals surface area contributed by atoms with E-state index in [0.717, 1.165) is 0 Å². The molecule has 102 valence electrons. The average Bonchev–Trinajstić information content (AvgIpc) is 2.43. The molecule has 0 unspecified atom stereocenters. The Hall–Kier alpha value is -3.02. The molecule has 1 aromatic rings. The van der Waals surface area contributed by atoms with Crippen LogP contribution in [-0.4, -0.2) is 31.0 Å². The molecule has 0 radical (unpaired) electrons. The summed E-state index contributed by atoms with van der Waals surface area (Å²) in [5.41, 5.74) is -0.0638. The Kier molecular flexibility index (Phi) is 7.49. The van der Waals surface area contributed by atoms with Gasteiger partial charge in [-0.1, -0.05) is 12.1 Å². The molecule has 6 heteroatoms. The minimum absolute atomic E-state index is 0.0638. The maximum absolute atomic E-state index is 10.9. The van der Waals surface area contributed by atoms with Crippen LogP contribution in [0.25, 0.3) is 0 Å². The molecular weight excluding hydrogens is 256 g/mol. The van der Waals surface area contributed by atoms with E-state index in [2.05, 4.69) is 19.9 Å². The van der Waals surface area contributed by atoms with Gasteiger partial charge in [0.15, 0.2) is 0 Å². The predicted molar refractivity (Wildman–Crippen MR) is 74.0 cm³/mol. The van der Waals surface area contributed by atoms with Gasteiger partial charge in [-0.25, -0.2) is 4.79 Å². The van der Waals surface area contributed by atoms with Gasteiger partial charge in [0, 0.05) is 37.2 Å². The average molecular weight is 270 g/mol. The van der Waals surface area contributed by atoms with E-state index in [9.17, 15) is 4.79 Å². The number of aromatic carboxylic acids is 1. The molecule has 0 atom stereocenters. The van der Waals surface area contributed by atoms with Crippen LogP contribution in [0.3, 0.4) is 0 Å². The van der Waals surface area contributed by atoms with Gasteiger partial charge in [-0.05, 0) is 18.2 Å². The fraction of sp³-hybridized carbons (Fsp3) is 0. The van der Waals surface area contributed by atoms with Crippen molar-refractivity contribution in [3.63, 3.8) is 0 Å². The number of carboxylic acids is 1. The molecule has 0 saturated heterocycles. The monoisotopic (exact) mass is 270 g/mol. The van der Waals surface area contributed by atoms with Gasteiger partial charge in [-0.2, -0.15) is 0 Å². The molecule has 0 amide bonds. The Labute approximate surface area is 116 Å². The van der Waals surface area contributed by atoms with Gasteiger partial charge in [-0.15, -0.1) is 0 Å². The molecule has 0 aliphatic heterocycles. The van der Waals surface area contributed by atoms with Crippen LogP contribution in [0.2, 0.25) is 0 Å². The molecule has 1 aromatic heterocycles. The van der Waals surface area contributed by atoms with Crippen molar-refractivity contribution in [2.24, 2.45) is 0 Å². The second-order valence-electron chi connectivity index (χ2n) is 3.31. The minimum atomic E-state index is -1.11. The van der Waals surface area contributed by atoms with Gasteiger partial charge in [0.05, 0.1) is 6.20 Å². The fourth-order valence-corrected chi connectivity index (χ4v) is 1.01. The summed E-state index contributed by atoms with van der Waals surface area (Å²) in [6, 6.07) is 8.70. The molecule has 0 aliphatic rings. The highest BCUT2D eigenvalue weighted by molar-refractivity contribution is 5.84. The van der Waals surface area contributed by atoms with Crippen molar-refractivity contribution in [3.05, 3.63) is 79.4 Å². The minimum Gasteiger partial charge on any atom is -0.477 e. The zero-order valence-corrected chi connectivity index (χ0v) is 10.6. The number of aromatic amines is 1. The van der Waals surface area contributed by atoms with E-state index < -0.39 is 5.97 Å². The molecule has 0 saturated carbocycles. The Bertz CT molecular complexity index is 553. The van der Waals surface area contributed by atoms with Gasteiger partial charge in [0.1, 0.15) is 5.69 Å².